The molecule has 0 aromatic rings. The van der Waals surface area contributed by atoms with Gasteiger partial charge in [0, 0.05) is 17.1 Å². The minimum Gasteiger partial charge on any atom is -0.288 e. The predicted molar refractivity (Wildman–Crippen MR) is 12.9 cm³/mol. The fourth-order valence-electron chi connectivity index (χ4n) is 0. The second-order valence-electron chi connectivity index (χ2n) is 0.238. The summed E-state index contributed by atoms with van der Waals surface area (Å²) in [6, 6.07) is 0. The first-order valence-electron chi connectivity index (χ1n) is 0.565. The molecular weight excluding hydrogens is 136 g/mol. The third-order valence-corrected chi connectivity index (χ3v) is 0. The number of thiol groups is 1. The van der Waals surface area contributed by atoms with Crippen LogP contribution < -0.4 is 0 Å². The molecule has 0 rings (SSSR count). The van der Waals surface area contributed by atoms with Gasteiger partial charge in [0.2, 0.25) is 0 Å². The van der Waals surface area contributed by atoms with Gasteiger partial charge in [-0.2, -0.15) is 0 Å². The summed E-state index contributed by atoms with van der Waals surface area (Å²) in [6.07, 6.45) is 0. The SMILES string of the molecule is O=[SH](=O)O.[Fe]. The summed E-state index contributed by atoms with van der Waals surface area (Å²) in [7, 11) is -3.12. The maximum atomic E-state index is 8.59. The minimum atomic E-state index is -3.12. The van der Waals surface area contributed by atoms with E-state index in [1.165, 1.54) is 0 Å². The van der Waals surface area contributed by atoms with Crippen molar-refractivity contribution < 1.29 is 30.0 Å². The quantitative estimate of drug-likeness (QED) is 0.258. The van der Waals surface area contributed by atoms with Crippen molar-refractivity contribution in [3.8, 4) is 0 Å². The maximum Gasteiger partial charge on any atom is 0.254 e. The van der Waals surface area contributed by atoms with Gasteiger partial charge in [-0.25, -0.2) is 8.42 Å². The molecule has 0 fully saturated rings. The van der Waals surface area contributed by atoms with E-state index >= 15 is 0 Å². The van der Waals surface area contributed by atoms with Crippen LogP contribution in [0.25, 0.3) is 0 Å². The summed E-state index contributed by atoms with van der Waals surface area (Å²) < 4.78 is 24.2. The van der Waals surface area contributed by atoms with E-state index in [4.69, 9.17) is 13.0 Å². The van der Waals surface area contributed by atoms with Crippen LogP contribution in [0.5, 0.6) is 0 Å². The van der Waals surface area contributed by atoms with Gasteiger partial charge in [0.05, 0.1) is 0 Å². The standard InChI is InChI=1S/Fe.H2O3S/c;1-4(2)3/h;4H,(H,1,2,3). The van der Waals surface area contributed by atoms with Crippen LogP contribution in [0, 0.1) is 0 Å². The molecule has 0 aliphatic carbocycles. The smallest absolute Gasteiger partial charge is 0.254 e. The van der Waals surface area contributed by atoms with E-state index in [-0.39, 0.29) is 17.1 Å². The van der Waals surface area contributed by atoms with Crippen LogP contribution in [0.4, 0.5) is 0 Å². The predicted octanol–water partition coefficient (Wildman–Crippen LogP) is -0.932. The maximum absolute atomic E-state index is 8.59. The third-order valence-electron chi connectivity index (χ3n) is 0. The first kappa shape index (κ1) is 9.06. The Morgan fingerprint density at radius 2 is 1.40 bits per heavy atom. The molecule has 0 amide bonds. The Labute approximate surface area is 41.6 Å². The van der Waals surface area contributed by atoms with Gasteiger partial charge in [-0.3, -0.25) is 4.55 Å². The van der Waals surface area contributed by atoms with Crippen molar-refractivity contribution in [3.05, 3.63) is 0 Å². The Hall–Kier alpha value is 0.429. The molecule has 0 unspecified atom stereocenters. The monoisotopic (exact) mass is 138 g/mol. The molecule has 5 heavy (non-hydrogen) atoms. The van der Waals surface area contributed by atoms with E-state index in [0.29, 0.717) is 0 Å². The van der Waals surface area contributed by atoms with Crippen LogP contribution in [0.2, 0.25) is 0 Å². The zero-order valence-corrected chi connectivity index (χ0v) is 4.06. The first-order valence-corrected chi connectivity index (χ1v) is 1.70. The minimum absolute atomic E-state index is 0. The van der Waals surface area contributed by atoms with Crippen molar-refractivity contribution >= 4 is 11.0 Å². The van der Waals surface area contributed by atoms with Crippen molar-refractivity contribution in [1.29, 1.82) is 0 Å². The topological polar surface area (TPSA) is 54.4 Å². The molecule has 0 aromatic carbocycles. The molecule has 1 N–H and O–H groups in total. The summed E-state index contributed by atoms with van der Waals surface area (Å²) in [6.45, 7) is 0. The fraction of sp³-hybridized carbons (Fsp3) is 0. The van der Waals surface area contributed by atoms with Gasteiger partial charge in [0.15, 0.2) is 0 Å². The molecule has 0 atom stereocenters. The van der Waals surface area contributed by atoms with Gasteiger partial charge in [0.1, 0.15) is 0 Å². The van der Waals surface area contributed by atoms with Crippen LogP contribution in [0.1, 0.15) is 0 Å². The van der Waals surface area contributed by atoms with Crippen LogP contribution in [0.3, 0.4) is 0 Å². The molecule has 34 valence electrons. The Balaban J connectivity index is 0. The molecule has 5 heteroatoms. The Kier molecular flexibility index (Phi) is 8.02. The Morgan fingerprint density at radius 3 is 1.40 bits per heavy atom. The van der Waals surface area contributed by atoms with Crippen LogP contribution in [0.15, 0.2) is 0 Å². The van der Waals surface area contributed by atoms with E-state index in [9.17, 15) is 0 Å². The van der Waals surface area contributed by atoms with Crippen molar-refractivity contribution in [3.63, 3.8) is 0 Å². The molecule has 3 nitrogen and oxygen atoms in total. The molecule has 0 aliphatic rings. The molecular formula is H2FeO3S. The zero-order chi connectivity index (χ0) is 3.58. The number of hydrogen-bond donors (Lipinski definition) is 2. The van der Waals surface area contributed by atoms with Gasteiger partial charge < -0.3 is 0 Å². The summed E-state index contributed by atoms with van der Waals surface area (Å²) in [5.41, 5.74) is 0. The second kappa shape index (κ2) is 4.43. The van der Waals surface area contributed by atoms with E-state index in [1.54, 1.807) is 0 Å². The van der Waals surface area contributed by atoms with Gasteiger partial charge in [-0.15, -0.1) is 0 Å². The number of hydrogen-bond acceptors (Lipinski definition) is 2. The Bertz CT molecular complexity index is 55.3. The molecule has 0 radical (unpaired) electrons. The molecule has 0 saturated heterocycles. The van der Waals surface area contributed by atoms with Crippen molar-refractivity contribution in [2.45, 2.75) is 0 Å². The average Bonchev–Trinajstić information content (AvgIpc) is 0.811. The fourth-order valence-corrected chi connectivity index (χ4v) is 0. The van der Waals surface area contributed by atoms with Gasteiger partial charge in [-0.05, 0) is 0 Å². The molecule has 0 heterocycles. The van der Waals surface area contributed by atoms with Crippen molar-refractivity contribution in [2.24, 2.45) is 0 Å². The summed E-state index contributed by atoms with van der Waals surface area (Å²) in [5.74, 6) is 0. The van der Waals surface area contributed by atoms with Crippen LogP contribution in [-0.4, -0.2) is 13.0 Å². The summed E-state index contributed by atoms with van der Waals surface area (Å²) in [4.78, 5) is 0. The van der Waals surface area contributed by atoms with Gasteiger partial charge >= 0.3 is 0 Å². The summed E-state index contributed by atoms with van der Waals surface area (Å²) in [5, 5.41) is 0. The average molecular weight is 138 g/mol. The molecule has 0 aliphatic heterocycles. The van der Waals surface area contributed by atoms with Crippen molar-refractivity contribution in [2.75, 3.05) is 0 Å². The number of rotatable bonds is 0. The van der Waals surface area contributed by atoms with Gasteiger partial charge in [-0.1, -0.05) is 0 Å². The Morgan fingerprint density at radius 1 is 1.40 bits per heavy atom. The zero-order valence-electron chi connectivity index (χ0n) is 2.06. The second-order valence-corrected chi connectivity index (χ2v) is 0.714. The van der Waals surface area contributed by atoms with Crippen LogP contribution in [-0.2, 0) is 28.1 Å². The van der Waals surface area contributed by atoms with E-state index in [2.05, 4.69) is 0 Å². The van der Waals surface area contributed by atoms with E-state index in [0.717, 1.165) is 0 Å². The normalized spacial score (nSPS) is 6.80. The van der Waals surface area contributed by atoms with Crippen LogP contribution >= 0.6 is 0 Å². The summed E-state index contributed by atoms with van der Waals surface area (Å²) >= 11 is 0. The van der Waals surface area contributed by atoms with Gasteiger partial charge in [0.25, 0.3) is 11.0 Å². The molecule has 0 spiro atoms. The molecule has 0 bridgehead atoms. The van der Waals surface area contributed by atoms with E-state index in [1.807, 2.05) is 0 Å². The first-order chi connectivity index (χ1) is 1.73. The molecule has 0 saturated carbocycles. The van der Waals surface area contributed by atoms with Crippen molar-refractivity contribution in [1.82, 2.24) is 0 Å². The third kappa shape index (κ3) is 142. The van der Waals surface area contributed by atoms with E-state index < -0.39 is 11.0 Å². The molecule has 0 aromatic heterocycles. The largest absolute Gasteiger partial charge is 0.288 e.